The van der Waals surface area contributed by atoms with E-state index in [2.05, 4.69) is 24.5 Å². The van der Waals surface area contributed by atoms with Crippen LogP contribution in [-0.2, 0) is 11.2 Å². The van der Waals surface area contributed by atoms with Crippen LogP contribution >= 0.6 is 0 Å². The van der Waals surface area contributed by atoms with E-state index in [-0.39, 0.29) is 5.91 Å². The number of anilines is 1. The lowest BCUT2D eigenvalue weighted by atomic mass is 10.1. The number of likely N-dealkylation sites (N-methyl/N-ethyl adjacent to an activating group) is 1. The number of benzene rings is 1. The zero-order valence-corrected chi connectivity index (χ0v) is 11.6. The molecule has 1 amide bonds. The van der Waals surface area contributed by atoms with Gasteiger partial charge in [-0.15, -0.1) is 0 Å². The van der Waals surface area contributed by atoms with E-state index in [1.165, 1.54) is 12.8 Å². The topological polar surface area (TPSA) is 41.1 Å². The molecular formula is C15H24N2O. The van der Waals surface area contributed by atoms with Crippen molar-refractivity contribution >= 4 is 11.6 Å². The van der Waals surface area contributed by atoms with E-state index in [1.54, 1.807) is 7.05 Å². The maximum Gasteiger partial charge on any atom is 0.224 e. The zero-order chi connectivity index (χ0) is 13.4. The maximum absolute atomic E-state index is 11.5. The van der Waals surface area contributed by atoms with E-state index in [0.717, 1.165) is 17.7 Å². The van der Waals surface area contributed by atoms with Gasteiger partial charge in [0.05, 0.1) is 6.42 Å². The van der Waals surface area contributed by atoms with Gasteiger partial charge in [0.25, 0.3) is 0 Å². The van der Waals surface area contributed by atoms with Crippen LogP contribution in [0.25, 0.3) is 0 Å². The fourth-order valence-electron chi connectivity index (χ4n) is 1.92. The van der Waals surface area contributed by atoms with Crippen LogP contribution in [0.2, 0.25) is 0 Å². The molecule has 0 spiro atoms. The molecule has 100 valence electrons. The van der Waals surface area contributed by atoms with Crippen molar-refractivity contribution in [2.75, 3.05) is 12.4 Å². The van der Waals surface area contributed by atoms with Gasteiger partial charge in [-0.2, -0.15) is 0 Å². The van der Waals surface area contributed by atoms with Gasteiger partial charge in [-0.05, 0) is 25.0 Å². The Bertz CT molecular complexity index is 377. The van der Waals surface area contributed by atoms with Gasteiger partial charge in [-0.1, -0.05) is 38.0 Å². The van der Waals surface area contributed by atoms with Crippen molar-refractivity contribution < 1.29 is 4.79 Å². The van der Waals surface area contributed by atoms with Crippen LogP contribution in [-0.4, -0.2) is 19.0 Å². The molecule has 0 aromatic heterocycles. The van der Waals surface area contributed by atoms with Crippen LogP contribution in [0.15, 0.2) is 24.3 Å². The summed E-state index contributed by atoms with van der Waals surface area (Å²) in [5.41, 5.74) is 2.13. The molecule has 18 heavy (non-hydrogen) atoms. The maximum atomic E-state index is 11.5. The van der Waals surface area contributed by atoms with Crippen LogP contribution in [0.4, 0.5) is 5.69 Å². The smallest absolute Gasteiger partial charge is 0.224 e. The molecule has 1 rings (SSSR count). The van der Waals surface area contributed by atoms with Gasteiger partial charge < -0.3 is 10.6 Å². The highest BCUT2D eigenvalue weighted by atomic mass is 16.1. The summed E-state index contributed by atoms with van der Waals surface area (Å²) in [6, 6.07) is 8.46. The van der Waals surface area contributed by atoms with E-state index < -0.39 is 0 Å². The highest BCUT2D eigenvalue weighted by molar-refractivity contribution is 5.80. The molecule has 0 bridgehead atoms. The van der Waals surface area contributed by atoms with Crippen molar-refractivity contribution in [2.45, 2.75) is 45.6 Å². The van der Waals surface area contributed by atoms with Crippen LogP contribution in [0.1, 0.15) is 38.7 Å². The molecule has 1 unspecified atom stereocenters. The van der Waals surface area contributed by atoms with E-state index in [4.69, 9.17) is 0 Å². The van der Waals surface area contributed by atoms with Crippen molar-refractivity contribution in [1.82, 2.24) is 5.32 Å². The molecule has 0 saturated carbocycles. The Hall–Kier alpha value is -1.51. The number of unbranched alkanes of at least 4 members (excludes halogenated alkanes) is 1. The minimum Gasteiger partial charge on any atom is -0.382 e. The number of para-hydroxylation sites is 1. The fourth-order valence-corrected chi connectivity index (χ4v) is 1.92. The molecule has 1 aromatic carbocycles. The Labute approximate surface area is 110 Å². The molecule has 1 aromatic rings. The number of hydrogen-bond acceptors (Lipinski definition) is 2. The Kier molecular flexibility index (Phi) is 6.26. The highest BCUT2D eigenvalue weighted by Gasteiger charge is 2.08. The fraction of sp³-hybridized carbons (Fsp3) is 0.533. The summed E-state index contributed by atoms with van der Waals surface area (Å²) >= 11 is 0. The third-order valence-corrected chi connectivity index (χ3v) is 3.04. The standard InChI is InChI=1S/C15H24N2O/c1-4-5-8-12(2)17-14-10-7-6-9-13(14)11-15(18)16-3/h6-7,9-10,12,17H,4-5,8,11H2,1-3H3,(H,16,18). The van der Waals surface area contributed by atoms with Crippen LogP contribution < -0.4 is 10.6 Å². The van der Waals surface area contributed by atoms with Crippen molar-refractivity contribution in [2.24, 2.45) is 0 Å². The summed E-state index contributed by atoms with van der Waals surface area (Å²) in [6.45, 7) is 4.39. The van der Waals surface area contributed by atoms with E-state index in [9.17, 15) is 4.79 Å². The van der Waals surface area contributed by atoms with Gasteiger partial charge in [-0.3, -0.25) is 4.79 Å². The van der Waals surface area contributed by atoms with Crippen molar-refractivity contribution in [3.05, 3.63) is 29.8 Å². The summed E-state index contributed by atoms with van der Waals surface area (Å²) < 4.78 is 0. The summed E-state index contributed by atoms with van der Waals surface area (Å²) in [7, 11) is 1.67. The number of amides is 1. The van der Waals surface area contributed by atoms with E-state index in [1.807, 2.05) is 24.3 Å². The first-order valence-corrected chi connectivity index (χ1v) is 6.72. The third-order valence-electron chi connectivity index (χ3n) is 3.04. The summed E-state index contributed by atoms with van der Waals surface area (Å²) in [5.74, 6) is 0.0467. The van der Waals surface area contributed by atoms with Crippen LogP contribution in [0.5, 0.6) is 0 Å². The molecule has 0 saturated heterocycles. The van der Waals surface area contributed by atoms with Gasteiger partial charge in [0, 0.05) is 18.8 Å². The first-order valence-electron chi connectivity index (χ1n) is 6.72. The van der Waals surface area contributed by atoms with Gasteiger partial charge in [0.15, 0.2) is 0 Å². The first-order chi connectivity index (χ1) is 8.67. The predicted molar refractivity (Wildman–Crippen MR) is 76.8 cm³/mol. The Balaban J connectivity index is 2.66. The largest absolute Gasteiger partial charge is 0.382 e. The highest BCUT2D eigenvalue weighted by Crippen LogP contribution is 2.18. The molecule has 3 nitrogen and oxygen atoms in total. The summed E-state index contributed by atoms with van der Waals surface area (Å²) in [6.07, 6.45) is 4.03. The molecule has 1 atom stereocenters. The molecule has 0 aliphatic rings. The number of rotatable bonds is 7. The van der Waals surface area contributed by atoms with E-state index in [0.29, 0.717) is 12.5 Å². The number of carbonyl (C=O) groups is 1. The molecule has 3 heteroatoms. The van der Waals surface area contributed by atoms with Gasteiger partial charge in [0.1, 0.15) is 0 Å². The molecule has 0 heterocycles. The lowest BCUT2D eigenvalue weighted by molar-refractivity contribution is -0.119. The Morgan fingerprint density at radius 1 is 1.33 bits per heavy atom. The minimum atomic E-state index is 0.0467. The van der Waals surface area contributed by atoms with Crippen LogP contribution in [0.3, 0.4) is 0 Å². The first kappa shape index (κ1) is 14.6. The Morgan fingerprint density at radius 3 is 2.72 bits per heavy atom. The second-order valence-electron chi connectivity index (χ2n) is 4.69. The van der Waals surface area contributed by atoms with Crippen LogP contribution in [0, 0.1) is 0 Å². The SMILES string of the molecule is CCCCC(C)Nc1ccccc1CC(=O)NC. The Morgan fingerprint density at radius 2 is 2.06 bits per heavy atom. The molecular weight excluding hydrogens is 224 g/mol. The van der Waals surface area contributed by atoms with Gasteiger partial charge in [0.2, 0.25) is 5.91 Å². The predicted octanol–water partition coefficient (Wildman–Crippen LogP) is 2.97. The number of hydrogen-bond donors (Lipinski definition) is 2. The second-order valence-corrected chi connectivity index (χ2v) is 4.69. The molecule has 0 fully saturated rings. The number of nitrogens with one attached hydrogen (secondary N) is 2. The monoisotopic (exact) mass is 248 g/mol. The average molecular weight is 248 g/mol. The third kappa shape index (κ3) is 4.78. The average Bonchev–Trinajstić information content (AvgIpc) is 2.38. The molecule has 2 N–H and O–H groups in total. The lowest BCUT2D eigenvalue weighted by Gasteiger charge is -2.17. The summed E-state index contributed by atoms with van der Waals surface area (Å²) in [4.78, 5) is 11.5. The molecule has 0 aliphatic carbocycles. The van der Waals surface area contributed by atoms with Crippen molar-refractivity contribution in [1.29, 1.82) is 0 Å². The van der Waals surface area contributed by atoms with Gasteiger partial charge >= 0.3 is 0 Å². The summed E-state index contributed by atoms with van der Waals surface area (Å²) in [5, 5.41) is 6.16. The molecule has 0 aliphatic heterocycles. The lowest BCUT2D eigenvalue weighted by Crippen LogP contribution is -2.22. The quantitative estimate of drug-likeness (QED) is 0.779. The van der Waals surface area contributed by atoms with Crippen molar-refractivity contribution in [3.63, 3.8) is 0 Å². The number of carbonyl (C=O) groups excluding carboxylic acids is 1. The van der Waals surface area contributed by atoms with Gasteiger partial charge in [-0.25, -0.2) is 0 Å². The van der Waals surface area contributed by atoms with E-state index >= 15 is 0 Å². The normalized spacial score (nSPS) is 11.9. The minimum absolute atomic E-state index is 0.0467. The second kappa shape index (κ2) is 7.75. The molecule has 0 radical (unpaired) electrons. The van der Waals surface area contributed by atoms with Crippen molar-refractivity contribution in [3.8, 4) is 0 Å². The zero-order valence-electron chi connectivity index (χ0n) is 11.6.